The average molecular weight is 507 g/mol. The fourth-order valence-corrected chi connectivity index (χ4v) is 5.19. The van der Waals surface area contributed by atoms with Crippen LogP contribution < -0.4 is 5.32 Å². The number of nitrogens with one attached hydrogen (secondary N) is 1. The molecule has 28 heavy (non-hydrogen) atoms. The summed E-state index contributed by atoms with van der Waals surface area (Å²) < 4.78 is 2.29. The van der Waals surface area contributed by atoms with E-state index in [9.17, 15) is 0 Å². The lowest BCUT2D eigenvalue weighted by Gasteiger charge is -2.36. The summed E-state index contributed by atoms with van der Waals surface area (Å²) in [5.41, 5.74) is 6.78. The zero-order valence-electron chi connectivity index (χ0n) is 16.9. The zero-order chi connectivity index (χ0) is 20.7. The highest BCUT2D eigenvalue weighted by molar-refractivity contribution is 9.10. The Bertz CT molecular complexity index is 811. The van der Waals surface area contributed by atoms with Crippen LogP contribution in [0.4, 0.5) is 0 Å². The van der Waals surface area contributed by atoms with E-state index in [1.807, 2.05) is 20.0 Å². The predicted octanol–water partition coefficient (Wildman–Crippen LogP) is 5.28. The Kier molecular flexibility index (Phi) is 9.17. The quantitative estimate of drug-likeness (QED) is 0.533. The molecule has 0 amide bonds. The molecule has 0 unspecified atom stereocenters. The number of benzene rings is 1. The highest BCUT2D eigenvalue weighted by Crippen LogP contribution is 2.40. The van der Waals surface area contributed by atoms with Gasteiger partial charge in [-0.3, -0.25) is 9.88 Å². The van der Waals surface area contributed by atoms with Gasteiger partial charge in [0.05, 0.1) is 11.7 Å². The number of hydrogen-bond acceptors (Lipinski definition) is 3. The predicted molar refractivity (Wildman–Crippen MR) is 126 cm³/mol. The topological polar surface area (TPSA) is 28.2 Å². The summed E-state index contributed by atoms with van der Waals surface area (Å²) in [7, 11) is 0. The minimum Gasteiger partial charge on any atom is -0.314 e. The Balaban J connectivity index is 0.000000660. The number of fused-ring (bicyclic) bond motifs is 2. The van der Waals surface area contributed by atoms with Crippen LogP contribution in [0, 0.1) is 19.8 Å². The van der Waals surface area contributed by atoms with Crippen LogP contribution >= 0.6 is 31.9 Å². The summed E-state index contributed by atoms with van der Waals surface area (Å²) in [4.78, 5) is 7.45. The number of rotatable bonds is 1. The van der Waals surface area contributed by atoms with E-state index >= 15 is 0 Å². The van der Waals surface area contributed by atoms with E-state index in [0.29, 0.717) is 0 Å². The second kappa shape index (κ2) is 11.1. The third kappa shape index (κ3) is 5.04. The standard InChI is InChI=1S/C19H21Br2N3.C2H6.C2H2/c1-12-8-13-2-3-14-10-15(20)11-23-18(14)19(17(13)16(21)9-12)24-6-4-22-5-7-24;2*1-2/h8-11,19,22H,2-7H2,1H3;1-2H3;1-2H/t19-;;/m1../s1. The van der Waals surface area contributed by atoms with E-state index in [0.717, 1.165) is 43.5 Å². The van der Waals surface area contributed by atoms with E-state index in [-0.39, 0.29) is 6.04 Å². The molecule has 1 aromatic carbocycles. The first-order valence-electron chi connectivity index (χ1n) is 9.85. The van der Waals surface area contributed by atoms with E-state index in [1.54, 1.807) is 0 Å². The Morgan fingerprint density at radius 2 is 1.68 bits per heavy atom. The molecular weight excluding hydrogens is 478 g/mol. The third-order valence-electron chi connectivity index (χ3n) is 5.04. The maximum Gasteiger partial charge on any atom is 0.0793 e. The van der Waals surface area contributed by atoms with Gasteiger partial charge in [-0.1, -0.05) is 35.8 Å². The van der Waals surface area contributed by atoms with E-state index in [1.165, 1.54) is 32.4 Å². The fourth-order valence-electron chi connectivity index (χ4n) is 3.98. The first kappa shape index (κ1) is 23.1. The van der Waals surface area contributed by atoms with Gasteiger partial charge in [-0.05, 0) is 70.1 Å². The summed E-state index contributed by atoms with van der Waals surface area (Å²) in [5, 5.41) is 3.47. The Hall–Kier alpha value is -1.19. The van der Waals surface area contributed by atoms with Gasteiger partial charge in [0.25, 0.3) is 0 Å². The smallest absolute Gasteiger partial charge is 0.0793 e. The monoisotopic (exact) mass is 505 g/mol. The lowest BCUT2D eigenvalue weighted by molar-refractivity contribution is 0.194. The molecule has 1 saturated heterocycles. The molecule has 1 aliphatic heterocycles. The summed E-state index contributed by atoms with van der Waals surface area (Å²) in [5.74, 6) is 0. The zero-order valence-corrected chi connectivity index (χ0v) is 20.1. The molecule has 2 aromatic rings. The van der Waals surface area contributed by atoms with E-state index < -0.39 is 0 Å². The van der Waals surface area contributed by atoms with Crippen molar-refractivity contribution in [3.63, 3.8) is 0 Å². The molecule has 1 atom stereocenters. The molecule has 0 saturated carbocycles. The van der Waals surface area contributed by atoms with Crippen molar-refractivity contribution in [1.29, 1.82) is 0 Å². The number of halogens is 2. The Morgan fingerprint density at radius 3 is 2.36 bits per heavy atom. The number of pyridine rings is 1. The molecule has 1 fully saturated rings. The second-order valence-electron chi connectivity index (χ2n) is 6.71. The van der Waals surface area contributed by atoms with Crippen LogP contribution in [0.15, 0.2) is 33.3 Å². The summed E-state index contributed by atoms with van der Waals surface area (Å²) in [6.45, 7) is 10.4. The summed E-state index contributed by atoms with van der Waals surface area (Å²) in [6.07, 6.45) is 12.1. The Morgan fingerprint density at radius 1 is 1.04 bits per heavy atom. The van der Waals surface area contributed by atoms with E-state index in [4.69, 9.17) is 4.98 Å². The molecule has 0 spiro atoms. The largest absolute Gasteiger partial charge is 0.314 e. The van der Waals surface area contributed by atoms with Crippen LogP contribution in [-0.4, -0.2) is 36.1 Å². The lowest BCUT2D eigenvalue weighted by atomic mass is 9.94. The average Bonchev–Trinajstić information content (AvgIpc) is 2.88. The highest BCUT2D eigenvalue weighted by Gasteiger charge is 2.32. The summed E-state index contributed by atoms with van der Waals surface area (Å²) in [6, 6.07) is 7.10. The number of nitrogens with zero attached hydrogens (tertiary/aromatic N) is 2. The van der Waals surface area contributed by atoms with Crippen LogP contribution in [0.3, 0.4) is 0 Å². The fraction of sp³-hybridized carbons (Fsp3) is 0.435. The maximum atomic E-state index is 4.87. The molecule has 3 nitrogen and oxygen atoms in total. The normalized spacial score (nSPS) is 18.3. The summed E-state index contributed by atoms with van der Waals surface area (Å²) >= 11 is 7.46. The van der Waals surface area contributed by atoms with Crippen molar-refractivity contribution < 1.29 is 0 Å². The van der Waals surface area contributed by atoms with Crippen LogP contribution in [-0.2, 0) is 12.8 Å². The molecule has 1 aromatic heterocycles. The lowest BCUT2D eigenvalue weighted by Crippen LogP contribution is -2.45. The van der Waals surface area contributed by atoms with Gasteiger partial charge in [-0.25, -0.2) is 0 Å². The molecule has 0 bridgehead atoms. The molecule has 1 aliphatic carbocycles. The van der Waals surface area contributed by atoms with Crippen molar-refractivity contribution in [2.75, 3.05) is 26.2 Å². The van der Waals surface area contributed by atoms with E-state index in [2.05, 4.69) is 80.0 Å². The SMILES string of the molecule is C#C.CC.Cc1cc(Br)c2c(c1)CCc1cc(Br)cnc1[C@@H]2N1CCNCC1. The van der Waals surface area contributed by atoms with Crippen molar-refractivity contribution in [2.45, 2.75) is 39.7 Å². The van der Waals surface area contributed by atoms with Gasteiger partial charge in [-0.15, -0.1) is 12.8 Å². The number of piperazine rings is 1. The van der Waals surface area contributed by atoms with Gasteiger partial charge >= 0.3 is 0 Å². The number of terminal acetylenes is 1. The van der Waals surface area contributed by atoms with Crippen molar-refractivity contribution >= 4 is 31.9 Å². The Labute approximate surface area is 186 Å². The third-order valence-corrected chi connectivity index (χ3v) is 6.13. The van der Waals surface area contributed by atoms with Gasteiger partial charge in [0.2, 0.25) is 0 Å². The van der Waals surface area contributed by atoms with Crippen LogP contribution in [0.5, 0.6) is 0 Å². The molecule has 1 N–H and O–H groups in total. The van der Waals surface area contributed by atoms with Gasteiger partial charge in [0.15, 0.2) is 0 Å². The van der Waals surface area contributed by atoms with Crippen LogP contribution in [0.2, 0.25) is 0 Å². The first-order valence-corrected chi connectivity index (χ1v) is 11.4. The van der Waals surface area contributed by atoms with Gasteiger partial charge in [0, 0.05) is 41.3 Å². The second-order valence-corrected chi connectivity index (χ2v) is 8.48. The van der Waals surface area contributed by atoms with Gasteiger partial charge in [0.1, 0.15) is 0 Å². The molecule has 2 aliphatic rings. The van der Waals surface area contributed by atoms with Crippen LogP contribution in [0.25, 0.3) is 0 Å². The first-order chi connectivity index (χ1) is 13.6. The van der Waals surface area contributed by atoms with Gasteiger partial charge in [-0.2, -0.15) is 0 Å². The van der Waals surface area contributed by atoms with Gasteiger partial charge < -0.3 is 5.32 Å². The number of aromatic nitrogens is 1. The van der Waals surface area contributed by atoms with Crippen molar-refractivity contribution in [3.8, 4) is 12.8 Å². The minimum absolute atomic E-state index is 0.239. The van der Waals surface area contributed by atoms with Crippen molar-refractivity contribution in [3.05, 3.63) is 61.3 Å². The molecule has 0 radical (unpaired) electrons. The molecule has 2 heterocycles. The molecule has 5 heteroatoms. The number of aryl methyl sites for hydroxylation is 3. The number of hydrogen-bond donors (Lipinski definition) is 1. The molecule has 4 rings (SSSR count). The highest BCUT2D eigenvalue weighted by atomic mass is 79.9. The minimum atomic E-state index is 0.239. The maximum absolute atomic E-state index is 4.87. The molecule has 150 valence electrons. The van der Waals surface area contributed by atoms with Crippen LogP contribution in [0.1, 0.15) is 47.8 Å². The van der Waals surface area contributed by atoms with Crippen molar-refractivity contribution in [2.24, 2.45) is 0 Å². The van der Waals surface area contributed by atoms with Crippen molar-refractivity contribution in [1.82, 2.24) is 15.2 Å². The molecular formula is C23H29Br2N3.